The standard InChI is InChI=1S/C22H23BrN2O3/c1-5-10-24-20(27)16-15-8-6-12-11-13(23)7-9-14(12)25(15)18(17(16)21(24)28)19(26)22(2,3)4/h5-9,11,15-18H,1,10H2,2-4H3/t15-,16-,17-,18+/m0/s1. The van der Waals surface area contributed by atoms with Gasteiger partial charge in [-0.1, -0.05) is 54.9 Å². The van der Waals surface area contributed by atoms with E-state index in [1.54, 1.807) is 6.08 Å². The molecular formula is C22H23BrN2O3. The van der Waals surface area contributed by atoms with E-state index in [1.165, 1.54) is 4.90 Å². The fourth-order valence-corrected chi connectivity index (χ4v) is 5.04. The molecule has 0 aromatic heterocycles. The molecule has 0 aliphatic carbocycles. The summed E-state index contributed by atoms with van der Waals surface area (Å²) >= 11 is 3.49. The Kier molecular flexibility index (Phi) is 4.38. The summed E-state index contributed by atoms with van der Waals surface area (Å²) < 4.78 is 0.941. The van der Waals surface area contributed by atoms with E-state index >= 15 is 0 Å². The number of likely N-dealkylation sites (tertiary alicyclic amines) is 1. The van der Waals surface area contributed by atoms with E-state index in [0.29, 0.717) is 0 Å². The highest BCUT2D eigenvalue weighted by Gasteiger charge is 2.64. The topological polar surface area (TPSA) is 57.7 Å². The first kappa shape index (κ1) is 19.1. The summed E-state index contributed by atoms with van der Waals surface area (Å²) in [6.07, 6.45) is 5.50. The Morgan fingerprint density at radius 1 is 1.21 bits per heavy atom. The average molecular weight is 443 g/mol. The van der Waals surface area contributed by atoms with Gasteiger partial charge in [-0.15, -0.1) is 6.58 Å². The quantitative estimate of drug-likeness (QED) is 0.531. The normalized spacial score (nSPS) is 28.3. The number of fused-ring (bicyclic) bond motifs is 5. The highest BCUT2D eigenvalue weighted by molar-refractivity contribution is 9.10. The van der Waals surface area contributed by atoms with E-state index in [9.17, 15) is 14.4 Å². The molecule has 0 N–H and O–H groups in total. The first-order valence-electron chi connectivity index (χ1n) is 9.43. The number of anilines is 1. The van der Waals surface area contributed by atoms with Crippen molar-refractivity contribution in [3.63, 3.8) is 0 Å². The first-order valence-corrected chi connectivity index (χ1v) is 10.2. The first-order chi connectivity index (χ1) is 13.2. The minimum atomic E-state index is -0.663. The zero-order valence-electron chi connectivity index (χ0n) is 16.2. The molecule has 146 valence electrons. The van der Waals surface area contributed by atoms with Crippen LogP contribution in [0.25, 0.3) is 6.08 Å². The minimum absolute atomic E-state index is 0.0178. The van der Waals surface area contributed by atoms with Gasteiger partial charge >= 0.3 is 0 Å². The molecule has 6 heteroatoms. The molecule has 4 rings (SSSR count). The molecule has 0 radical (unpaired) electrons. The third-order valence-electron chi connectivity index (χ3n) is 5.88. The summed E-state index contributed by atoms with van der Waals surface area (Å²) in [5.41, 5.74) is 1.24. The van der Waals surface area contributed by atoms with Crippen molar-refractivity contribution in [3.8, 4) is 0 Å². The number of ketones is 1. The van der Waals surface area contributed by atoms with Gasteiger partial charge in [0, 0.05) is 22.1 Å². The van der Waals surface area contributed by atoms with Crippen LogP contribution in [0.5, 0.6) is 0 Å². The Labute approximate surface area is 173 Å². The maximum Gasteiger partial charge on any atom is 0.236 e. The Morgan fingerprint density at radius 2 is 1.89 bits per heavy atom. The van der Waals surface area contributed by atoms with Crippen molar-refractivity contribution in [3.05, 3.63) is 47.0 Å². The number of hydrogen-bond donors (Lipinski definition) is 0. The number of nitrogens with zero attached hydrogens (tertiary/aromatic N) is 2. The van der Waals surface area contributed by atoms with Crippen LogP contribution in [0.2, 0.25) is 0 Å². The molecule has 2 saturated heterocycles. The van der Waals surface area contributed by atoms with Crippen molar-refractivity contribution in [2.24, 2.45) is 17.3 Å². The molecule has 3 aliphatic heterocycles. The molecule has 1 aromatic rings. The van der Waals surface area contributed by atoms with Gasteiger partial charge in [-0.2, -0.15) is 0 Å². The highest BCUT2D eigenvalue weighted by Crippen LogP contribution is 2.50. The van der Waals surface area contributed by atoms with Crippen LogP contribution in [0.3, 0.4) is 0 Å². The third kappa shape index (κ3) is 2.61. The Balaban J connectivity index is 1.88. The number of rotatable bonds is 3. The molecule has 0 unspecified atom stereocenters. The van der Waals surface area contributed by atoms with Gasteiger partial charge in [0.1, 0.15) is 6.04 Å². The van der Waals surface area contributed by atoms with E-state index in [1.807, 2.05) is 56.0 Å². The summed E-state index contributed by atoms with van der Waals surface area (Å²) in [6, 6.07) is 4.90. The number of carbonyl (C=O) groups excluding carboxylic acids is 3. The van der Waals surface area contributed by atoms with Crippen molar-refractivity contribution in [2.45, 2.75) is 32.9 Å². The van der Waals surface area contributed by atoms with Crippen LogP contribution in [0.15, 0.2) is 41.4 Å². The molecule has 0 saturated carbocycles. The Morgan fingerprint density at radius 3 is 2.54 bits per heavy atom. The highest BCUT2D eigenvalue weighted by atomic mass is 79.9. The van der Waals surface area contributed by atoms with Crippen LogP contribution < -0.4 is 4.90 Å². The number of benzene rings is 1. The van der Waals surface area contributed by atoms with Crippen LogP contribution in [0.4, 0.5) is 5.69 Å². The lowest BCUT2D eigenvalue weighted by Gasteiger charge is -2.38. The van der Waals surface area contributed by atoms with Crippen LogP contribution in [-0.2, 0) is 14.4 Å². The predicted molar refractivity (Wildman–Crippen MR) is 112 cm³/mol. The predicted octanol–water partition coefficient (Wildman–Crippen LogP) is 3.44. The zero-order chi connectivity index (χ0) is 20.4. The van der Waals surface area contributed by atoms with E-state index in [-0.39, 0.29) is 30.2 Å². The SMILES string of the molecule is C=CCN1C(=O)[C@@H]2[C@H](C1=O)[C@H](C(=O)C(C)(C)C)N1c3ccc(Br)cc3C=C[C@@H]21. The molecule has 0 bridgehead atoms. The number of halogens is 1. The summed E-state index contributed by atoms with van der Waals surface area (Å²) in [6.45, 7) is 9.43. The summed E-state index contributed by atoms with van der Waals surface area (Å²) in [7, 11) is 0. The summed E-state index contributed by atoms with van der Waals surface area (Å²) in [5, 5.41) is 0. The van der Waals surface area contributed by atoms with Gasteiger partial charge in [0.25, 0.3) is 0 Å². The zero-order valence-corrected chi connectivity index (χ0v) is 17.8. The van der Waals surface area contributed by atoms with Crippen LogP contribution in [-0.4, -0.2) is 41.1 Å². The molecule has 3 heterocycles. The number of Topliss-reactive ketones (excluding diaryl/α,β-unsaturated/α-hetero) is 1. The van der Waals surface area contributed by atoms with Crippen LogP contribution in [0.1, 0.15) is 26.3 Å². The number of hydrogen-bond acceptors (Lipinski definition) is 4. The van der Waals surface area contributed by atoms with Gasteiger partial charge < -0.3 is 4.90 Å². The Bertz CT molecular complexity index is 930. The lowest BCUT2D eigenvalue weighted by atomic mass is 9.79. The molecule has 28 heavy (non-hydrogen) atoms. The molecule has 1 aromatic carbocycles. The van der Waals surface area contributed by atoms with Crippen LogP contribution in [0, 0.1) is 17.3 Å². The van der Waals surface area contributed by atoms with Gasteiger partial charge in [0.05, 0.1) is 17.9 Å². The second-order valence-corrected chi connectivity index (χ2v) is 9.56. The van der Waals surface area contributed by atoms with Crippen molar-refractivity contribution in [2.75, 3.05) is 11.4 Å². The average Bonchev–Trinajstić information content (AvgIpc) is 3.09. The van der Waals surface area contributed by atoms with E-state index in [2.05, 4.69) is 22.5 Å². The van der Waals surface area contributed by atoms with Crippen molar-refractivity contribution in [1.29, 1.82) is 0 Å². The van der Waals surface area contributed by atoms with Crippen molar-refractivity contribution < 1.29 is 14.4 Å². The van der Waals surface area contributed by atoms with Crippen molar-refractivity contribution >= 4 is 45.3 Å². The molecular weight excluding hydrogens is 420 g/mol. The maximum atomic E-state index is 13.5. The monoisotopic (exact) mass is 442 g/mol. The lowest BCUT2D eigenvalue weighted by Crippen LogP contribution is -2.51. The molecule has 0 spiro atoms. The third-order valence-corrected chi connectivity index (χ3v) is 6.37. The fraction of sp³-hybridized carbons (Fsp3) is 0.409. The van der Waals surface area contributed by atoms with Gasteiger partial charge in [-0.3, -0.25) is 19.3 Å². The van der Waals surface area contributed by atoms with Gasteiger partial charge in [0.2, 0.25) is 11.8 Å². The molecule has 4 atom stereocenters. The summed E-state index contributed by atoms with van der Waals surface area (Å²) in [4.78, 5) is 43.0. The van der Waals surface area contributed by atoms with E-state index in [4.69, 9.17) is 0 Å². The Hall–Kier alpha value is -2.21. The van der Waals surface area contributed by atoms with Crippen molar-refractivity contribution in [1.82, 2.24) is 4.90 Å². The maximum absolute atomic E-state index is 13.5. The second kappa shape index (κ2) is 6.41. The fourth-order valence-electron chi connectivity index (χ4n) is 4.66. The van der Waals surface area contributed by atoms with Crippen LogP contribution >= 0.6 is 15.9 Å². The molecule has 2 fully saturated rings. The van der Waals surface area contributed by atoms with Gasteiger partial charge in [-0.05, 0) is 23.8 Å². The summed E-state index contributed by atoms with van der Waals surface area (Å²) in [5.74, 6) is -1.70. The number of carbonyl (C=O) groups is 3. The minimum Gasteiger partial charge on any atom is -0.353 e. The molecule has 5 nitrogen and oxygen atoms in total. The van der Waals surface area contributed by atoms with Gasteiger partial charge in [-0.25, -0.2) is 0 Å². The number of amides is 2. The lowest BCUT2D eigenvalue weighted by molar-refractivity contribution is -0.141. The molecule has 2 amide bonds. The smallest absolute Gasteiger partial charge is 0.236 e. The number of imide groups is 1. The molecule has 3 aliphatic rings. The largest absolute Gasteiger partial charge is 0.353 e. The second-order valence-electron chi connectivity index (χ2n) is 8.65. The van der Waals surface area contributed by atoms with E-state index < -0.39 is 23.3 Å². The van der Waals surface area contributed by atoms with E-state index in [0.717, 1.165) is 15.7 Å². The van der Waals surface area contributed by atoms with Gasteiger partial charge in [0.15, 0.2) is 5.78 Å².